The summed E-state index contributed by atoms with van der Waals surface area (Å²) in [7, 11) is 0. The minimum Gasteiger partial charge on any atom is -0.748 e. The van der Waals surface area contributed by atoms with Crippen LogP contribution in [0.5, 0.6) is 0 Å². The molecule has 4 rings (SSSR count). The summed E-state index contributed by atoms with van der Waals surface area (Å²) in [4.78, 5) is 12.0. The van der Waals surface area contributed by atoms with Gasteiger partial charge >= 0.3 is 0 Å². The molecule has 0 N–H and O–H groups in total. The van der Waals surface area contributed by atoms with E-state index < -0.39 is 0 Å². The van der Waals surface area contributed by atoms with Crippen molar-refractivity contribution in [3.63, 3.8) is 0 Å². The molecule has 0 bridgehead atoms. The summed E-state index contributed by atoms with van der Waals surface area (Å²) in [6, 6.07) is 22.6. The van der Waals surface area contributed by atoms with Crippen LogP contribution in [0.25, 0.3) is 22.3 Å². The van der Waals surface area contributed by atoms with Crippen molar-refractivity contribution in [3.05, 3.63) is 93.6 Å². The predicted molar refractivity (Wildman–Crippen MR) is 95.3 cm³/mol. The van der Waals surface area contributed by atoms with Crippen LogP contribution in [0.2, 0.25) is 5.02 Å². The molecule has 4 aromatic rings. The first-order valence-electron chi connectivity index (χ1n) is 7.28. The van der Waals surface area contributed by atoms with Gasteiger partial charge in [-0.05, 0) is 30.7 Å². The third kappa shape index (κ3) is 4.07. The molecular weight excluding hydrogens is 364 g/mol. The predicted octanol–water partition coefficient (Wildman–Crippen LogP) is 5.54. The Morgan fingerprint density at radius 1 is 1.00 bits per heavy atom. The fraction of sp³-hybridized carbons (Fsp3) is 0.0500. The molecule has 0 aliphatic carbocycles. The van der Waals surface area contributed by atoms with Gasteiger partial charge in [0.05, 0.1) is 11.1 Å². The molecule has 0 fully saturated rings. The smallest absolute Gasteiger partial charge is 0.153 e. The van der Waals surface area contributed by atoms with Crippen molar-refractivity contribution >= 4 is 22.6 Å². The van der Waals surface area contributed by atoms with Gasteiger partial charge in [0.15, 0.2) is 5.43 Å². The van der Waals surface area contributed by atoms with Crippen LogP contribution >= 0.6 is 11.6 Å². The molecule has 0 saturated carbocycles. The molecule has 0 aliphatic heterocycles. The largest absolute Gasteiger partial charge is 0.748 e. The van der Waals surface area contributed by atoms with Crippen molar-refractivity contribution in [1.29, 1.82) is 0 Å². The molecule has 2 nitrogen and oxygen atoms in total. The second-order valence-corrected chi connectivity index (χ2v) is 5.62. The molecule has 1 heterocycles. The average Bonchev–Trinajstić information content (AvgIpc) is 3.25. The molecule has 4 heteroatoms. The normalized spacial score (nSPS) is 9.92. The molecule has 3 aromatic carbocycles. The van der Waals surface area contributed by atoms with Crippen molar-refractivity contribution in [3.8, 4) is 11.3 Å². The van der Waals surface area contributed by atoms with E-state index in [-0.39, 0.29) is 22.5 Å². The number of hydrogen-bond acceptors (Lipinski definition) is 2. The second-order valence-electron chi connectivity index (χ2n) is 5.21. The summed E-state index contributed by atoms with van der Waals surface area (Å²) < 4.78 is 5.76. The van der Waals surface area contributed by atoms with Gasteiger partial charge in [-0.1, -0.05) is 17.2 Å². The maximum absolute atomic E-state index is 12.0. The molecule has 0 unspecified atom stereocenters. The molecule has 0 saturated heterocycles. The summed E-state index contributed by atoms with van der Waals surface area (Å²) in [6.45, 7) is 1.89. The van der Waals surface area contributed by atoms with Crippen molar-refractivity contribution in [1.82, 2.24) is 0 Å². The molecule has 0 radical (unpaired) electrons. The zero-order valence-corrected chi connectivity index (χ0v) is 14.8. The molecule has 0 amide bonds. The van der Waals surface area contributed by atoms with Gasteiger partial charge in [-0.25, -0.2) is 0 Å². The van der Waals surface area contributed by atoms with E-state index in [1.165, 1.54) is 6.07 Å². The zero-order chi connectivity index (χ0) is 16.2. The minimum atomic E-state index is -0.0747. The Morgan fingerprint density at radius 3 is 2.17 bits per heavy atom. The van der Waals surface area contributed by atoms with Gasteiger partial charge in [0.1, 0.15) is 5.58 Å². The van der Waals surface area contributed by atoms with Crippen LogP contribution in [-0.2, 0) is 17.1 Å². The second kappa shape index (κ2) is 8.16. The average molecular weight is 379 g/mol. The van der Waals surface area contributed by atoms with Gasteiger partial charge in [-0.2, -0.15) is 12.1 Å². The number of aryl methyl sites for hydroxylation is 1. The molecule has 0 spiro atoms. The molecule has 0 aliphatic rings. The molecule has 128 valence electrons. The van der Waals surface area contributed by atoms with Crippen molar-refractivity contribution in [2.24, 2.45) is 0 Å². The first-order valence-corrected chi connectivity index (χ1v) is 7.66. The first-order chi connectivity index (χ1) is 11.1. The molecular formula is C20H15ClFeO2-6. The topological polar surface area (TPSA) is 30.2 Å². The number of hydrogen-bond donors (Lipinski definition) is 0. The van der Waals surface area contributed by atoms with E-state index in [0.717, 1.165) is 11.1 Å². The summed E-state index contributed by atoms with van der Waals surface area (Å²) in [5, 5.41) is 1.09. The first kappa shape index (κ1) is 18.3. The Morgan fingerprint density at radius 2 is 1.58 bits per heavy atom. The Balaban J connectivity index is 0.000000300. The SMILES string of the molecule is Cc1cc2oc(-[c-]3cccc3)cc(=O)c2cc1Cl.[Fe].[cH-]1[cH-][cH-][cH-][cH-]1. The van der Waals surface area contributed by atoms with Crippen LogP contribution in [0.3, 0.4) is 0 Å². The van der Waals surface area contributed by atoms with Gasteiger partial charge < -0.3 is 39.5 Å². The van der Waals surface area contributed by atoms with Crippen LogP contribution in [0.1, 0.15) is 5.56 Å². The van der Waals surface area contributed by atoms with E-state index in [2.05, 4.69) is 0 Å². The summed E-state index contributed by atoms with van der Waals surface area (Å²) in [5.41, 5.74) is 2.29. The van der Waals surface area contributed by atoms with Crippen LogP contribution in [0.4, 0.5) is 0 Å². The van der Waals surface area contributed by atoms with Gasteiger partial charge in [0, 0.05) is 22.1 Å². The maximum Gasteiger partial charge on any atom is 0.153 e. The van der Waals surface area contributed by atoms with E-state index in [9.17, 15) is 4.79 Å². The van der Waals surface area contributed by atoms with E-state index in [4.69, 9.17) is 16.0 Å². The fourth-order valence-corrected chi connectivity index (χ4v) is 2.44. The molecule has 24 heavy (non-hydrogen) atoms. The minimum absolute atomic E-state index is 0. The Hall–Kier alpha value is -2.06. The summed E-state index contributed by atoms with van der Waals surface area (Å²) in [6.07, 6.45) is 0. The van der Waals surface area contributed by atoms with Crippen molar-refractivity contribution in [2.75, 3.05) is 0 Å². The van der Waals surface area contributed by atoms with E-state index in [1.807, 2.05) is 61.5 Å². The maximum atomic E-state index is 12.0. The van der Waals surface area contributed by atoms with Gasteiger partial charge in [0.2, 0.25) is 0 Å². The standard InChI is InChI=1S/C15H10ClO2.C5H5.Fe/c1-9-6-15-11(7-12(9)16)13(17)8-14(18-15)10-4-2-3-5-10;1-2-4-5-3-1;/h2-8H,1H3;1-5H;/q-1;-5;. The third-order valence-electron chi connectivity index (χ3n) is 3.51. The monoisotopic (exact) mass is 378 g/mol. The summed E-state index contributed by atoms with van der Waals surface area (Å²) >= 11 is 6.02. The molecule has 1 aromatic heterocycles. The number of benzene rings is 1. The number of fused-ring (bicyclic) bond motifs is 1. The van der Waals surface area contributed by atoms with E-state index in [0.29, 0.717) is 21.8 Å². The zero-order valence-electron chi connectivity index (χ0n) is 13.0. The number of rotatable bonds is 1. The van der Waals surface area contributed by atoms with Gasteiger partial charge in [-0.15, -0.1) is 12.1 Å². The van der Waals surface area contributed by atoms with Crippen LogP contribution < -0.4 is 5.43 Å². The van der Waals surface area contributed by atoms with Crippen LogP contribution in [-0.4, -0.2) is 0 Å². The Kier molecular flexibility index (Phi) is 6.22. The van der Waals surface area contributed by atoms with Gasteiger partial charge in [0.25, 0.3) is 0 Å². The van der Waals surface area contributed by atoms with Gasteiger partial charge in [-0.3, -0.25) is 0 Å². The van der Waals surface area contributed by atoms with Crippen LogP contribution in [0, 0.1) is 6.92 Å². The van der Waals surface area contributed by atoms with E-state index in [1.54, 1.807) is 12.1 Å². The quantitative estimate of drug-likeness (QED) is 0.321. The molecule has 0 atom stereocenters. The van der Waals surface area contributed by atoms with Crippen molar-refractivity contribution < 1.29 is 21.5 Å². The van der Waals surface area contributed by atoms with Crippen LogP contribution in [0.15, 0.2) is 82.0 Å². The summed E-state index contributed by atoms with van der Waals surface area (Å²) in [5.74, 6) is 0.583. The number of halogens is 1. The van der Waals surface area contributed by atoms with E-state index >= 15 is 0 Å². The van der Waals surface area contributed by atoms with Crippen molar-refractivity contribution in [2.45, 2.75) is 6.92 Å². The third-order valence-corrected chi connectivity index (χ3v) is 3.92. The Labute approximate surface area is 155 Å². The fourth-order valence-electron chi connectivity index (χ4n) is 2.28. The Bertz CT molecular complexity index is 934.